The van der Waals surface area contributed by atoms with Crippen molar-refractivity contribution in [3.05, 3.63) is 0 Å². The van der Waals surface area contributed by atoms with E-state index in [1.54, 1.807) is 0 Å². The van der Waals surface area contributed by atoms with Gasteiger partial charge in [-0.25, -0.2) is 0 Å². The van der Waals surface area contributed by atoms with Crippen molar-refractivity contribution in [2.24, 2.45) is 0 Å². The summed E-state index contributed by atoms with van der Waals surface area (Å²) in [5, 5.41) is 3.24. The molecule has 1 amide bonds. The van der Waals surface area contributed by atoms with Crippen LogP contribution < -0.4 is 5.32 Å². The molecule has 24 heavy (non-hydrogen) atoms. The van der Waals surface area contributed by atoms with E-state index in [1.165, 1.54) is 44.9 Å². The Hall–Kier alpha value is -0.650. The second-order valence-electron chi connectivity index (χ2n) is 7.90. The van der Waals surface area contributed by atoms with Crippen LogP contribution in [-0.4, -0.2) is 73.2 Å². The normalized spacial score (nSPS) is 28.8. The number of ether oxygens (including phenoxy) is 1. The highest BCUT2D eigenvalue weighted by molar-refractivity contribution is 5.76. The van der Waals surface area contributed by atoms with Crippen molar-refractivity contribution in [2.75, 3.05) is 39.3 Å². The van der Waals surface area contributed by atoms with Crippen molar-refractivity contribution >= 4 is 5.91 Å². The van der Waals surface area contributed by atoms with Crippen molar-refractivity contribution < 1.29 is 9.53 Å². The van der Waals surface area contributed by atoms with E-state index < -0.39 is 0 Å². The van der Waals surface area contributed by atoms with Crippen LogP contribution in [0.2, 0.25) is 0 Å². The lowest BCUT2D eigenvalue weighted by Crippen LogP contribution is -2.51. The second kappa shape index (κ2) is 9.16. The lowest BCUT2D eigenvalue weighted by atomic mass is 9.95. The Labute approximate surface area is 147 Å². The van der Waals surface area contributed by atoms with E-state index in [-0.39, 0.29) is 5.91 Å². The summed E-state index contributed by atoms with van der Waals surface area (Å²) in [6.07, 6.45) is 9.74. The molecule has 2 aliphatic heterocycles. The first-order valence-corrected chi connectivity index (χ1v) is 10.1. The molecule has 1 N–H and O–H groups in total. The largest absolute Gasteiger partial charge is 0.376 e. The molecule has 5 heteroatoms. The van der Waals surface area contributed by atoms with Crippen LogP contribution in [0.15, 0.2) is 0 Å². The number of nitrogens with zero attached hydrogens (tertiary/aromatic N) is 2. The first-order chi connectivity index (χ1) is 11.7. The zero-order valence-corrected chi connectivity index (χ0v) is 15.3. The van der Waals surface area contributed by atoms with Crippen LogP contribution in [0.4, 0.5) is 0 Å². The van der Waals surface area contributed by atoms with E-state index in [4.69, 9.17) is 4.74 Å². The Balaban J connectivity index is 1.31. The lowest BCUT2D eigenvalue weighted by Gasteiger charge is -2.41. The molecule has 3 fully saturated rings. The van der Waals surface area contributed by atoms with E-state index in [9.17, 15) is 4.79 Å². The summed E-state index contributed by atoms with van der Waals surface area (Å²) in [5.41, 5.74) is 0. The predicted molar refractivity (Wildman–Crippen MR) is 96.1 cm³/mol. The Bertz CT molecular complexity index is 390. The van der Waals surface area contributed by atoms with E-state index in [0.29, 0.717) is 24.6 Å². The van der Waals surface area contributed by atoms with Gasteiger partial charge in [-0.2, -0.15) is 0 Å². The Morgan fingerprint density at radius 1 is 1.08 bits per heavy atom. The molecule has 138 valence electrons. The third-order valence-corrected chi connectivity index (χ3v) is 5.97. The van der Waals surface area contributed by atoms with E-state index in [0.717, 1.165) is 39.3 Å². The first kappa shape index (κ1) is 18.2. The van der Waals surface area contributed by atoms with Crippen LogP contribution in [0.3, 0.4) is 0 Å². The maximum absolute atomic E-state index is 12.1. The number of carbonyl (C=O) groups is 1. The SMILES string of the molecule is C[C@H]1CN(C2CCN(CCC(=O)NC3CCCCC3)CC2)CCO1. The summed E-state index contributed by atoms with van der Waals surface area (Å²) < 4.78 is 5.65. The summed E-state index contributed by atoms with van der Waals surface area (Å²) in [6.45, 7) is 8.40. The minimum absolute atomic E-state index is 0.256. The number of likely N-dealkylation sites (tertiary alicyclic amines) is 1. The Morgan fingerprint density at radius 3 is 2.54 bits per heavy atom. The summed E-state index contributed by atoms with van der Waals surface area (Å²) in [6, 6.07) is 1.16. The van der Waals surface area contributed by atoms with Gasteiger partial charge in [0.2, 0.25) is 5.91 Å². The fourth-order valence-corrected chi connectivity index (χ4v) is 4.49. The maximum Gasteiger partial charge on any atom is 0.221 e. The number of piperidine rings is 1. The highest BCUT2D eigenvalue weighted by Gasteiger charge is 2.28. The van der Waals surface area contributed by atoms with Gasteiger partial charge in [0, 0.05) is 38.1 Å². The molecule has 0 spiro atoms. The zero-order valence-electron chi connectivity index (χ0n) is 15.3. The highest BCUT2D eigenvalue weighted by atomic mass is 16.5. The second-order valence-corrected chi connectivity index (χ2v) is 7.90. The van der Waals surface area contributed by atoms with Gasteiger partial charge in [-0.15, -0.1) is 0 Å². The van der Waals surface area contributed by atoms with Crippen molar-refractivity contribution in [3.8, 4) is 0 Å². The van der Waals surface area contributed by atoms with Gasteiger partial charge in [0.1, 0.15) is 0 Å². The van der Waals surface area contributed by atoms with Crippen LogP contribution in [-0.2, 0) is 9.53 Å². The molecule has 0 bridgehead atoms. The number of amides is 1. The minimum atomic E-state index is 0.256. The first-order valence-electron chi connectivity index (χ1n) is 10.1. The molecule has 0 aromatic heterocycles. The van der Waals surface area contributed by atoms with Gasteiger partial charge in [-0.1, -0.05) is 19.3 Å². The highest BCUT2D eigenvalue weighted by Crippen LogP contribution is 2.20. The Morgan fingerprint density at radius 2 is 1.83 bits per heavy atom. The van der Waals surface area contributed by atoms with Crippen molar-refractivity contribution in [1.82, 2.24) is 15.1 Å². The molecular formula is C19H35N3O2. The zero-order chi connectivity index (χ0) is 16.8. The molecule has 2 heterocycles. The number of hydrogen-bond acceptors (Lipinski definition) is 4. The molecule has 3 aliphatic rings. The van der Waals surface area contributed by atoms with Crippen molar-refractivity contribution in [2.45, 2.75) is 76.5 Å². The number of hydrogen-bond donors (Lipinski definition) is 1. The summed E-state index contributed by atoms with van der Waals surface area (Å²) in [4.78, 5) is 17.2. The molecule has 0 aromatic carbocycles. The Kier molecular flexibility index (Phi) is 6.93. The van der Waals surface area contributed by atoms with Gasteiger partial charge in [0.25, 0.3) is 0 Å². The molecule has 2 saturated heterocycles. The molecule has 5 nitrogen and oxygen atoms in total. The van der Waals surface area contributed by atoms with Gasteiger partial charge in [0.15, 0.2) is 0 Å². The number of nitrogens with one attached hydrogen (secondary N) is 1. The van der Waals surface area contributed by atoms with Gasteiger partial charge in [0.05, 0.1) is 12.7 Å². The van der Waals surface area contributed by atoms with Crippen LogP contribution in [0, 0.1) is 0 Å². The van der Waals surface area contributed by atoms with Gasteiger partial charge in [-0.3, -0.25) is 9.69 Å². The third kappa shape index (κ3) is 5.43. The van der Waals surface area contributed by atoms with E-state index >= 15 is 0 Å². The molecule has 1 aliphatic carbocycles. The van der Waals surface area contributed by atoms with Crippen LogP contribution in [0.1, 0.15) is 58.3 Å². The quantitative estimate of drug-likeness (QED) is 0.833. The van der Waals surface area contributed by atoms with E-state index in [2.05, 4.69) is 22.0 Å². The van der Waals surface area contributed by atoms with Crippen LogP contribution in [0.5, 0.6) is 0 Å². The third-order valence-electron chi connectivity index (χ3n) is 5.97. The maximum atomic E-state index is 12.1. The smallest absolute Gasteiger partial charge is 0.221 e. The summed E-state index contributed by atoms with van der Waals surface area (Å²) in [7, 11) is 0. The van der Waals surface area contributed by atoms with Gasteiger partial charge < -0.3 is 15.0 Å². The topological polar surface area (TPSA) is 44.8 Å². The van der Waals surface area contributed by atoms with Crippen LogP contribution in [0.25, 0.3) is 0 Å². The van der Waals surface area contributed by atoms with E-state index in [1.807, 2.05) is 0 Å². The molecule has 0 radical (unpaired) electrons. The minimum Gasteiger partial charge on any atom is -0.376 e. The summed E-state index contributed by atoms with van der Waals surface area (Å²) in [5.74, 6) is 0.256. The fourth-order valence-electron chi connectivity index (χ4n) is 4.49. The fraction of sp³-hybridized carbons (Fsp3) is 0.947. The molecule has 0 unspecified atom stereocenters. The molecule has 1 atom stereocenters. The molecular weight excluding hydrogens is 302 g/mol. The number of rotatable bonds is 5. The lowest BCUT2D eigenvalue weighted by molar-refractivity contribution is -0.122. The monoisotopic (exact) mass is 337 g/mol. The van der Waals surface area contributed by atoms with Gasteiger partial charge in [-0.05, 0) is 45.7 Å². The van der Waals surface area contributed by atoms with Gasteiger partial charge >= 0.3 is 0 Å². The average Bonchev–Trinajstić information content (AvgIpc) is 2.61. The summed E-state index contributed by atoms with van der Waals surface area (Å²) >= 11 is 0. The molecule has 0 aromatic rings. The van der Waals surface area contributed by atoms with Crippen LogP contribution >= 0.6 is 0 Å². The number of carbonyl (C=O) groups excluding carboxylic acids is 1. The predicted octanol–water partition coefficient (Wildman–Crippen LogP) is 2.01. The van der Waals surface area contributed by atoms with Crippen molar-refractivity contribution in [1.29, 1.82) is 0 Å². The molecule has 3 rings (SSSR count). The van der Waals surface area contributed by atoms with Crippen molar-refractivity contribution in [3.63, 3.8) is 0 Å². The molecule has 1 saturated carbocycles. The standard InChI is InChI=1S/C19H35N3O2/c1-16-15-22(13-14-24-16)18-7-10-21(11-8-18)12-9-19(23)20-17-5-3-2-4-6-17/h16-18H,2-15H2,1H3,(H,20,23)/t16-/m0/s1. The number of morpholine rings is 1. The average molecular weight is 338 g/mol.